The Morgan fingerprint density at radius 1 is 1.17 bits per heavy atom. The molecule has 10 heteroatoms. The summed E-state index contributed by atoms with van der Waals surface area (Å²) in [5.74, 6) is 1.70. The van der Waals surface area contributed by atoms with Crippen molar-refractivity contribution in [2.45, 2.75) is 40.7 Å². The first-order valence-corrected chi connectivity index (χ1v) is 12.0. The smallest absolute Gasteiger partial charge is 0.215 e. The molecule has 0 aliphatic heterocycles. The molecule has 8 nitrogen and oxygen atoms in total. The number of nitrogens with one attached hydrogen (secondary N) is 2. The molecule has 0 saturated heterocycles. The van der Waals surface area contributed by atoms with Gasteiger partial charge < -0.3 is 15.2 Å². The molecule has 0 unspecified atom stereocenters. The number of aliphatic imine (C=N–C) groups is 1. The molecule has 0 fully saturated rings. The Balaban J connectivity index is 0.00000450. The number of halogens is 1. The van der Waals surface area contributed by atoms with Crippen LogP contribution in [0, 0.1) is 6.92 Å². The Morgan fingerprint density at radius 2 is 1.87 bits per heavy atom. The van der Waals surface area contributed by atoms with Crippen molar-refractivity contribution in [1.29, 1.82) is 0 Å². The molecule has 1 aromatic heterocycles. The van der Waals surface area contributed by atoms with Crippen LogP contribution >= 0.6 is 24.0 Å². The second-order valence-electron chi connectivity index (χ2n) is 6.74. The number of hydrogen-bond acceptors (Lipinski definition) is 4. The summed E-state index contributed by atoms with van der Waals surface area (Å²) < 4.78 is 28.3. The van der Waals surface area contributed by atoms with Gasteiger partial charge in [-0.15, -0.1) is 24.0 Å². The van der Waals surface area contributed by atoms with Crippen molar-refractivity contribution in [2.75, 3.05) is 38.5 Å². The van der Waals surface area contributed by atoms with E-state index < -0.39 is 10.0 Å². The minimum atomic E-state index is -3.24. The van der Waals surface area contributed by atoms with Crippen LogP contribution in [0.1, 0.15) is 33.0 Å². The number of aryl methyl sites for hydroxylation is 2. The van der Waals surface area contributed by atoms with Gasteiger partial charge in [-0.3, -0.25) is 4.99 Å². The SMILES string of the molecule is CCNC(=NCCCn1c(C)nc2ccccc21)NCCS(=O)(=O)N(CC)CC.I. The Kier molecular flexibility index (Phi) is 11.6. The minimum Gasteiger partial charge on any atom is -0.357 e. The summed E-state index contributed by atoms with van der Waals surface area (Å²) in [6.07, 6.45) is 0.871. The average molecular weight is 551 g/mol. The van der Waals surface area contributed by atoms with Crippen LogP contribution in [0.25, 0.3) is 11.0 Å². The van der Waals surface area contributed by atoms with Gasteiger partial charge in [-0.05, 0) is 32.4 Å². The molecule has 0 aliphatic rings. The maximum atomic E-state index is 12.3. The zero-order valence-corrected chi connectivity index (χ0v) is 21.5. The van der Waals surface area contributed by atoms with Crippen molar-refractivity contribution in [3.8, 4) is 0 Å². The summed E-state index contributed by atoms with van der Waals surface area (Å²) in [4.78, 5) is 9.17. The second-order valence-corrected chi connectivity index (χ2v) is 8.83. The van der Waals surface area contributed by atoms with E-state index in [2.05, 4.69) is 31.2 Å². The van der Waals surface area contributed by atoms with E-state index in [0.29, 0.717) is 32.1 Å². The van der Waals surface area contributed by atoms with Crippen molar-refractivity contribution in [3.05, 3.63) is 30.1 Å². The quantitative estimate of drug-likeness (QED) is 0.194. The highest BCUT2D eigenvalue weighted by Gasteiger charge is 2.18. The van der Waals surface area contributed by atoms with Crippen LogP contribution in [-0.2, 0) is 16.6 Å². The maximum Gasteiger partial charge on any atom is 0.215 e. The number of para-hydroxylation sites is 2. The van der Waals surface area contributed by atoms with Crippen molar-refractivity contribution >= 4 is 51.0 Å². The highest BCUT2D eigenvalue weighted by atomic mass is 127. The number of aromatic nitrogens is 2. The van der Waals surface area contributed by atoms with Gasteiger partial charge in [-0.25, -0.2) is 17.7 Å². The molecule has 0 amide bonds. The number of benzene rings is 1. The molecule has 0 radical (unpaired) electrons. The molecule has 0 aliphatic carbocycles. The zero-order chi connectivity index (χ0) is 21.3. The van der Waals surface area contributed by atoms with Gasteiger partial charge in [0.25, 0.3) is 0 Å². The van der Waals surface area contributed by atoms with Crippen molar-refractivity contribution < 1.29 is 8.42 Å². The van der Waals surface area contributed by atoms with E-state index in [9.17, 15) is 8.42 Å². The average Bonchev–Trinajstić information content (AvgIpc) is 3.01. The van der Waals surface area contributed by atoms with Crippen LogP contribution in [0.3, 0.4) is 0 Å². The van der Waals surface area contributed by atoms with E-state index in [4.69, 9.17) is 0 Å². The van der Waals surface area contributed by atoms with Gasteiger partial charge in [0.2, 0.25) is 10.0 Å². The van der Waals surface area contributed by atoms with Gasteiger partial charge in [0.15, 0.2) is 5.96 Å². The number of nitrogens with zero attached hydrogens (tertiary/aromatic N) is 4. The molecular formula is C20H35IN6O2S. The van der Waals surface area contributed by atoms with E-state index in [-0.39, 0.29) is 29.7 Å². The Bertz CT molecular complexity index is 909. The Labute approximate surface area is 197 Å². The fraction of sp³-hybridized carbons (Fsp3) is 0.600. The normalized spacial score (nSPS) is 12.2. The molecule has 2 N–H and O–H groups in total. The van der Waals surface area contributed by atoms with Crippen LogP contribution in [0.15, 0.2) is 29.3 Å². The lowest BCUT2D eigenvalue weighted by atomic mass is 10.3. The second kappa shape index (κ2) is 13.1. The first-order chi connectivity index (χ1) is 13.9. The highest BCUT2D eigenvalue weighted by molar-refractivity contribution is 14.0. The Hall–Kier alpha value is -1.40. The van der Waals surface area contributed by atoms with Crippen LogP contribution < -0.4 is 10.6 Å². The van der Waals surface area contributed by atoms with Gasteiger partial charge in [-0.2, -0.15) is 0 Å². The number of sulfonamides is 1. The van der Waals surface area contributed by atoms with Gasteiger partial charge in [0.1, 0.15) is 5.82 Å². The number of rotatable bonds is 11. The third-order valence-electron chi connectivity index (χ3n) is 4.75. The maximum absolute atomic E-state index is 12.3. The van der Waals surface area contributed by atoms with E-state index in [1.54, 1.807) is 0 Å². The number of fused-ring (bicyclic) bond motifs is 1. The molecule has 170 valence electrons. The fourth-order valence-electron chi connectivity index (χ4n) is 3.28. The monoisotopic (exact) mass is 550 g/mol. The molecule has 2 rings (SSSR count). The van der Waals surface area contributed by atoms with E-state index in [0.717, 1.165) is 36.4 Å². The Morgan fingerprint density at radius 3 is 2.53 bits per heavy atom. The van der Waals surface area contributed by atoms with Gasteiger partial charge in [0, 0.05) is 39.3 Å². The molecule has 0 saturated carbocycles. The lowest BCUT2D eigenvalue weighted by molar-refractivity contribution is 0.445. The standard InChI is InChI=1S/C20H34N6O2S.HI/c1-5-21-20(23-14-16-29(27,28)25(6-2)7-3)22-13-10-15-26-17(4)24-18-11-8-9-12-19(18)26;/h8-9,11-12H,5-7,10,13-16H2,1-4H3,(H2,21,22,23);1H. The topological polar surface area (TPSA) is 91.6 Å². The van der Waals surface area contributed by atoms with E-state index >= 15 is 0 Å². The fourth-order valence-corrected chi connectivity index (χ4v) is 4.69. The van der Waals surface area contributed by atoms with Gasteiger partial charge in [-0.1, -0.05) is 26.0 Å². The summed E-state index contributed by atoms with van der Waals surface area (Å²) in [6.45, 7) is 11.2. The third-order valence-corrected chi connectivity index (χ3v) is 6.77. The first-order valence-electron chi connectivity index (χ1n) is 10.3. The van der Waals surface area contributed by atoms with Gasteiger partial charge in [0.05, 0.1) is 16.8 Å². The largest absolute Gasteiger partial charge is 0.357 e. The first kappa shape index (κ1) is 26.6. The minimum absolute atomic E-state index is 0. The summed E-state index contributed by atoms with van der Waals surface area (Å²) in [6, 6.07) is 8.13. The van der Waals surface area contributed by atoms with Gasteiger partial charge >= 0.3 is 0 Å². The third kappa shape index (κ3) is 7.38. The van der Waals surface area contributed by atoms with E-state index in [1.165, 1.54) is 4.31 Å². The number of imidazole rings is 1. The summed E-state index contributed by atoms with van der Waals surface area (Å²) >= 11 is 0. The molecule has 1 aromatic carbocycles. The number of hydrogen-bond donors (Lipinski definition) is 2. The predicted octanol–water partition coefficient (Wildman–Crippen LogP) is 2.58. The van der Waals surface area contributed by atoms with Crippen LogP contribution in [0.4, 0.5) is 0 Å². The predicted molar refractivity (Wildman–Crippen MR) is 135 cm³/mol. The van der Waals surface area contributed by atoms with Crippen molar-refractivity contribution in [2.24, 2.45) is 4.99 Å². The van der Waals surface area contributed by atoms with Crippen molar-refractivity contribution in [3.63, 3.8) is 0 Å². The molecular weight excluding hydrogens is 515 g/mol. The molecule has 0 bridgehead atoms. The van der Waals surface area contributed by atoms with Crippen LogP contribution in [0.5, 0.6) is 0 Å². The zero-order valence-electron chi connectivity index (χ0n) is 18.4. The molecule has 0 spiro atoms. The summed E-state index contributed by atoms with van der Waals surface area (Å²) in [5.41, 5.74) is 2.15. The molecule has 1 heterocycles. The van der Waals surface area contributed by atoms with Crippen LogP contribution in [0.2, 0.25) is 0 Å². The molecule has 30 heavy (non-hydrogen) atoms. The van der Waals surface area contributed by atoms with Crippen molar-refractivity contribution in [1.82, 2.24) is 24.5 Å². The van der Waals surface area contributed by atoms with E-state index in [1.807, 2.05) is 45.9 Å². The van der Waals surface area contributed by atoms with Crippen LogP contribution in [-0.4, -0.2) is 66.7 Å². The summed E-state index contributed by atoms with van der Waals surface area (Å²) in [7, 11) is -3.24. The lowest BCUT2D eigenvalue weighted by Gasteiger charge is -2.19. The number of guanidine groups is 1. The summed E-state index contributed by atoms with van der Waals surface area (Å²) in [5, 5.41) is 6.30. The lowest BCUT2D eigenvalue weighted by Crippen LogP contribution is -2.42. The highest BCUT2D eigenvalue weighted by Crippen LogP contribution is 2.15. The molecule has 2 aromatic rings. The molecule has 0 atom stereocenters.